The van der Waals surface area contributed by atoms with Gasteiger partial charge in [-0.05, 0) is 59.0 Å². The molecule has 266 valence electrons. The molecule has 0 spiro atoms. The Morgan fingerprint density at radius 3 is 2.22 bits per heavy atom. The Hall–Kier alpha value is -7.09. The number of fused-ring (bicyclic) bond motifs is 3. The molecule has 9 rings (SSSR count). The number of hydrogen-bond acceptors (Lipinski definition) is 13. The number of ether oxygens (including phenoxy) is 1. The first-order chi connectivity index (χ1) is 26.3. The molecule has 18 heteroatoms. The number of methoxy groups -OCH3 is 1. The molecular weight excluding hydrogens is 801 g/mol. The SMILES string of the molecule is COc1cc(-c2nn(-c3ccncc3)c3ncnc(N)c23)ccc1NC(=O)c1cc2ccccc2n1C.Nc1ncnc2c1c(I)nn2-c1ccncn1. The Bertz CT molecular complexity index is 2820. The van der Waals surface area contributed by atoms with Crippen LogP contribution in [0.25, 0.3) is 55.7 Å². The van der Waals surface area contributed by atoms with Crippen molar-refractivity contribution in [3.8, 4) is 28.5 Å². The summed E-state index contributed by atoms with van der Waals surface area (Å²) >= 11 is 2.10. The van der Waals surface area contributed by atoms with Gasteiger partial charge in [0.15, 0.2) is 17.1 Å². The lowest BCUT2D eigenvalue weighted by Gasteiger charge is -2.12. The molecule has 7 heterocycles. The van der Waals surface area contributed by atoms with Crippen LogP contribution in [0.1, 0.15) is 10.5 Å². The number of anilines is 3. The molecule has 0 fully saturated rings. The lowest BCUT2D eigenvalue weighted by Crippen LogP contribution is -2.16. The molecule has 0 radical (unpaired) electrons. The average Bonchev–Trinajstić information content (AvgIpc) is 3.88. The van der Waals surface area contributed by atoms with E-state index in [-0.39, 0.29) is 5.91 Å². The van der Waals surface area contributed by atoms with Gasteiger partial charge in [-0.1, -0.05) is 24.3 Å². The van der Waals surface area contributed by atoms with Gasteiger partial charge in [0, 0.05) is 48.2 Å². The molecule has 1 amide bonds. The number of benzene rings is 2. The van der Waals surface area contributed by atoms with Gasteiger partial charge < -0.3 is 26.1 Å². The van der Waals surface area contributed by atoms with E-state index in [0.29, 0.717) is 57.0 Å². The molecule has 5 N–H and O–H groups in total. The van der Waals surface area contributed by atoms with E-state index in [2.05, 4.69) is 67.9 Å². The maximum Gasteiger partial charge on any atom is 0.272 e. The van der Waals surface area contributed by atoms with E-state index in [0.717, 1.165) is 31.2 Å². The van der Waals surface area contributed by atoms with Crippen molar-refractivity contribution in [1.82, 2.24) is 59.0 Å². The zero-order valence-corrected chi connectivity index (χ0v) is 30.7. The third kappa shape index (κ3) is 6.12. The standard InChI is InChI=1S/C27H22N8O2.C9H6IN7/c1-34-20-6-4-3-5-16(20)13-21(34)27(36)32-19-8-7-17(14-22(19)37-2)24-23-25(28)30-15-31-26(23)35(33-24)18-9-11-29-12-10-18;10-7-6-8(11)14-4-15-9(6)17(16-7)5-1-2-12-3-13-5/h3-15H,1-2H3,(H,32,36)(H2,28,30,31);1-4H,(H2,11,14,15). The second-order valence-electron chi connectivity index (χ2n) is 11.7. The highest BCUT2D eigenvalue weighted by molar-refractivity contribution is 14.1. The lowest BCUT2D eigenvalue weighted by molar-refractivity contribution is 0.101. The molecule has 0 atom stereocenters. The predicted octanol–water partition coefficient (Wildman–Crippen LogP) is 5.00. The monoisotopic (exact) mass is 829 g/mol. The third-order valence-corrected chi connectivity index (χ3v) is 9.30. The minimum absolute atomic E-state index is 0.241. The molecule has 0 unspecified atom stereocenters. The number of carbonyl (C=O) groups is 1. The summed E-state index contributed by atoms with van der Waals surface area (Å²) in [5.41, 5.74) is 17.4. The summed E-state index contributed by atoms with van der Waals surface area (Å²) < 4.78 is 11.6. The minimum atomic E-state index is -0.241. The number of amides is 1. The number of nitrogens with one attached hydrogen (secondary N) is 1. The minimum Gasteiger partial charge on any atom is -0.495 e. The maximum atomic E-state index is 13.2. The first-order valence-electron chi connectivity index (χ1n) is 16.2. The van der Waals surface area contributed by atoms with Crippen molar-refractivity contribution in [2.24, 2.45) is 7.05 Å². The Kier molecular flexibility index (Phi) is 8.91. The second kappa shape index (κ2) is 14.1. The average molecular weight is 830 g/mol. The molecule has 0 bridgehead atoms. The van der Waals surface area contributed by atoms with Crippen LogP contribution >= 0.6 is 22.6 Å². The molecule has 2 aromatic carbocycles. The summed E-state index contributed by atoms with van der Waals surface area (Å²) in [6.07, 6.45) is 9.29. The summed E-state index contributed by atoms with van der Waals surface area (Å²) in [7, 11) is 3.42. The number of nitrogen functional groups attached to an aromatic ring is 2. The Labute approximate surface area is 319 Å². The van der Waals surface area contributed by atoms with E-state index >= 15 is 0 Å². The Balaban J connectivity index is 0.000000202. The number of para-hydroxylation sites is 1. The van der Waals surface area contributed by atoms with Crippen molar-refractivity contribution in [3.63, 3.8) is 0 Å². The van der Waals surface area contributed by atoms with Crippen LogP contribution in [0, 0.1) is 3.70 Å². The number of rotatable bonds is 6. The number of nitrogens with zero attached hydrogens (tertiary/aromatic N) is 12. The quantitative estimate of drug-likeness (QED) is 0.188. The van der Waals surface area contributed by atoms with Crippen LogP contribution in [-0.4, -0.2) is 72.0 Å². The van der Waals surface area contributed by atoms with Crippen molar-refractivity contribution in [2.45, 2.75) is 0 Å². The fourth-order valence-electron chi connectivity index (χ4n) is 5.98. The van der Waals surface area contributed by atoms with Gasteiger partial charge in [0.2, 0.25) is 0 Å². The van der Waals surface area contributed by atoms with Crippen LogP contribution in [0.2, 0.25) is 0 Å². The van der Waals surface area contributed by atoms with Gasteiger partial charge in [0.25, 0.3) is 5.91 Å². The van der Waals surface area contributed by atoms with Crippen LogP contribution in [0.3, 0.4) is 0 Å². The lowest BCUT2D eigenvalue weighted by atomic mass is 10.1. The van der Waals surface area contributed by atoms with Crippen LogP contribution in [0.5, 0.6) is 5.75 Å². The highest BCUT2D eigenvalue weighted by Gasteiger charge is 2.21. The molecule has 0 aliphatic carbocycles. The zero-order chi connectivity index (χ0) is 37.3. The molecule has 54 heavy (non-hydrogen) atoms. The fourth-order valence-corrected chi connectivity index (χ4v) is 6.71. The van der Waals surface area contributed by atoms with Crippen LogP contribution in [-0.2, 0) is 7.05 Å². The van der Waals surface area contributed by atoms with E-state index in [4.69, 9.17) is 21.3 Å². The van der Waals surface area contributed by atoms with Crippen molar-refractivity contribution in [1.29, 1.82) is 0 Å². The van der Waals surface area contributed by atoms with Gasteiger partial charge in [-0.3, -0.25) is 9.78 Å². The largest absolute Gasteiger partial charge is 0.495 e. The van der Waals surface area contributed by atoms with Gasteiger partial charge in [0.1, 0.15) is 51.5 Å². The highest BCUT2D eigenvalue weighted by atomic mass is 127. The van der Waals surface area contributed by atoms with Gasteiger partial charge >= 0.3 is 0 Å². The second-order valence-corrected chi connectivity index (χ2v) is 12.7. The number of nitrogens with two attached hydrogens (primary N) is 2. The normalized spacial score (nSPS) is 11.1. The van der Waals surface area contributed by atoms with Gasteiger partial charge in [-0.2, -0.15) is 14.9 Å². The topological polar surface area (TPSA) is 221 Å². The molecule has 0 aliphatic heterocycles. The molecule has 17 nitrogen and oxygen atoms in total. The van der Waals surface area contributed by atoms with Gasteiger partial charge in [-0.25, -0.2) is 34.6 Å². The van der Waals surface area contributed by atoms with Crippen molar-refractivity contribution >= 4 is 78.8 Å². The smallest absolute Gasteiger partial charge is 0.272 e. The number of carbonyl (C=O) groups excluding carboxylic acids is 1. The Morgan fingerprint density at radius 1 is 0.778 bits per heavy atom. The van der Waals surface area contributed by atoms with E-state index in [1.165, 1.54) is 19.0 Å². The number of halogens is 1. The number of pyridine rings is 1. The van der Waals surface area contributed by atoms with Gasteiger partial charge in [-0.15, -0.1) is 0 Å². The Morgan fingerprint density at radius 2 is 1.50 bits per heavy atom. The third-order valence-electron chi connectivity index (χ3n) is 8.54. The summed E-state index contributed by atoms with van der Waals surface area (Å²) in [6, 6.07) is 20.6. The molecular formula is C36H28IN15O2. The summed E-state index contributed by atoms with van der Waals surface area (Å²) in [6.45, 7) is 0. The molecule has 9 aromatic rings. The fraction of sp³-hybridized carbons (Fsp3) is 0.0556. The number of aryl methyl sites for hydroxylation is 1. The van der Waals surface area contributed by atoms with Crippen LogP contribution in [0.4, 0.5) is 17.3 Å². The summed E-state index contributed by atoms with van der Waals surface area (Å²) in [5.74, 6) is 1.61. The van der Waals surface area contributed by atoms with E-state index in [1.54, 1.807) is 47.2 Å². The highest BCUT2D eigenvalue weighted by Crippen LogP contribution is 2.36. The van der Waals surface area contributed by atoms with Crippen molar-refractivity contribution in [3.05, 3.63) is 114 Å². The van der Waals surface area contributed by atoms with Gasteiger partial charge in [0.05, 0.1) is 29.3 Å². The van der Waals surface area contributed by atoms with Crippen molar-refractivity contribution in [2.75, 3.05) is 23.9 Å². The van der Waals surface area contributed by atoms with Crippen LogP contribution < -0.4 is 21.5 Å². The first-order valence-corrected chi connectivity index (χ1v) is 17.2. The van der Waals surface area contributed by atoms with E-state index in [9.17, 15) is 4.79 Å². The first kappa shape index (κ1) is 34.0. The van der Waals surface area contributed by atoms with Crippen molar-refractivity contribution < 1.29 is 9.53 Å². The predicted molar refractivity (Wildman–Crippen MR) is 211 cm³/mol. The number of hydrogen-bond donors (Lipinski definition) is 3. The molecule has 0 saturated carbocycles. The maximum absolute atomic E-state index is 13.2. The number of aromatic nitrogens is 12. The molecule has 0 aliphatic rings. The molecule has 7 aromatic heterocycles. The van der Waals surface area contributed by atoms with Crippen LogP contribution in [0.15, 0.2) is 104 Å². The van der Waals surface area contributed by atoms with E-state index < -0.39 is 0 Å². The molecule has 0 saturated heterocycles. The summed E-state index contributed by atoms with van der Waals surface area (Å²) in [5, 5.41) is 14.5. The summed E-state index contributed by atoms with van der Waals surface area (Å²) in [4.78, 5) is 42.0. The van der Waals surface area contributed by atoms with E-state index in [1.807, 2.05) is 66.2 Å². The zero-order valence-electron chi connectivity index (χ0n) is 28.5.